The molecule has 178 valence electrons. The molecule has 0 unspecified atom stereocenters. The van der Waals surface area contributed by atoms with Gasteiger partial charge in [0.05, 0.1) is 17.8 Å². The predicted octanol–water partition coefficient (Wildman–Crippen LogP) is 6.77. The number of benzene rings is 4. The van der Waals surface area contributed by atoms with Crippen molar-refractivity contribution in [1.82, 2.24) is 0 Å². The SMILES string of the molecule is COc1ccccc1NC(=O)COc1ccc(CNc2ccc(Oc3ccccc3)cc2)cc1Cl. The van der Waals surface area contributed by atoms with Crippen LogP contribution in [-0.4, -0.2) is 19.6 Å². The minimum absolute atomic E-state index is 0.174. The van der Waals surface area contributed by atoms with E-state index in [9.17, 15) is 4.79 Å². The van der Waals surface area contributed by atoms with Crippen LogP contribution in [0.4, 0.5) is 11.4 Å². The van der Waals surface area contributed by atoms with E-state index in [1.807, 2.05) is 78.9 Å². The van der Waals surface area contributed by atoms with E-state index in [-0.39, 0.29) is 12.5 Å². The molecule has 0 heterocycles. The maximum Gasteiger partial charge on any atom is 0.262 e. The third kappa shape index (κ3) is 6.91. The highest BCUT2D eigenvalue weighted by atomic mass is 35.5. The van der Waals surface area contributed by atoms with Crippen molar-refractivity contribution in [3.8, 4) is 23.0 Å². The van der Waals surface area contributed by atoms with Crippen molar-refractivity contribution < 1.29 is 19.0 Å². The molecule has 4 aromatic rings. The van der Waals surface area contributed by atoms with Gasteiger partial charge in [-0.3, -0.25) is 4.79 Å². The molecule has 0 spiro atoms. The van der Waals surface area contributed by atoms with Crippen LogP contribution in [-0.2, 0) is 11.3 Å². The predicted molar refractivity (Wildman–Crippen MR) is 139 cm³/mol. The summed E-state index contributed by atoms with van der Waals surface area (Å²) in [7, 11) is 1.55. The summed E-state index contributed by atoms with van der Waals surface area (Å²) < 4.78 is 16.7. The van der Waals surface area contributed by atoms with Gasteiger partial charge >= 0.3 is 0 Å². The minimum atomic E-state index is -0.309. The summed E-state index contributed by atoms with van der Waals surface area (Å²) >= 11 is 6.38. The quantitative estimate of drug-likeness (QED) is 0.258. The highest BCUT2D eigenvalue weighted by Crippen LogP contribution is 2.27. The van der Waals surface area contributed by atoms with Crippen LogP contribution in [0.2, 0.25) is 5.02 Å². The molecule has 2 N–H and O–H groups in total. The van der Waals surface area contributed by atoms with Gasteiger partial charge in [0, 0.05) is 12.2 Å². The molecule has 0 radical (unpaired) electrons. The van der Waals surface area contributed by atoms with Crippen LogP contribution in [0.5, 0.6) is 23.0 Å². The fourth-order valence-corrected chi connectivity index (χ4v) is 3.58. The zero-order valence-corrected chi connectivity index (χ0v) is 19.9. The summed E-state index contributed by atoms with van der Waals surface area (Å²) in [6.07, 6.45) is 0. The van der Waals surface area contributed by atoms with Crippen molar-refractivity contribution in [3.63, 3.8) is 0 Å². The van der Waals surface area contributed by atoms with E-state index < -0.39 is 0 Å². The average Bonchev–Trinajstić information content (AvgIpc) is 2.88. The number of halogens is 1. The lowest BCUT2D eigenvalue weighted by Crippen LogP contribution is -2.20. The van der Waals surface area contributed by atoms with Gasteiger partial charge in [-0.05, 0) is 66.2 Å². The van der Waals surface area contributed by atoms with Crippen molar-refractivity contribution in [3.05, 3.63) is 108 Å². The third-order valence-corrected chi connectivity index (χ3v) is 5.36. The number of anilines is 2. The zero-order chi connectivity index (χ0) is 24.5. The number of amides is 1. The Balaban J connectivity index is 1.27. The first-order valence-electron chi connectivity index (χ1n) is 11.0. The summed E-state index contributed by atoms with van der Waals surface area (Å²) in [6, 6.07) is 30.0. The molecule has 0 aliphatic heterocycles. The number of carbonyl (C=O) groups excluding carboxylic acids is 1. The topological polar surface area (TPSA) is 68.8 Å². The first-order valence-corrected chi connectivity index (χ1v) is 11.4. The number of carbonyl (C=O) groups is 1. The molecule has 0 saturated carbocycles. The number of para-hydroxylation sites is 3. The second kappa shape index (κ2) is 11.8. The van der Waals surface area contributed by atoms with Crippen LogP contribution in [0.25, 0.3) is 0 Å². The molecule has 35 heavy (non-hydrogen) atoms. The van der Waals surface area contributed by atoms with Gasteiger partial charge in [-0.2, -0.15) is 0 Å². The number of hydrogen-bond acceptors (Lipinski definition) is 5. The fourth-order valence-electron chi connectivity index (χ4n) is 3.32. The van der Waals surface area contributed by atoms with Crippen LogP contribution in [0.1, 0.15) is 5.56 Å². The van der Waals surface area contributed by atoms with Gasteiger partial charge in [-0.25, -0.2) is 0 Å². The van der Waals surface area contributed by atoms with Crippen molar-refractivity contribution in [1.29, 1.82) is 0 Å². The molecular weight excluding hydrogens is 464 g/mol. The standard InChI is InChI=1S/C28H25ClN2O4/c1-33-27-10-6-5-9-25(27)31-28(32)19-34-26-16-11-20(17-24(26)29)18-30-21-12-14-23(15-13-21)35-22-7-3-2-4-8-22/h2-17,30H,18-19H2,1H3,(H,31,32). The smallest absolute Gasteiger partial charge is 0.262 e. The summed E-state index contributed by atoms with van der Waals surface area (Å²) in [6.45, 7) is 0.403. The molecular formula is C28H25ClN2O4. The largest absolute Gasteiger partial charge is 0.495 e. The van der Waals surface area contributed by atoms with Gasteiger partial charge in [-0.15, -0.1) is 0 Å². The second-order valence-corrected chi connectivity index (χ2v) is 8.00. The highest BCUT2D eigenvalue weighted by molar-refractivity contribution is 6.32. The van der Waals surface area contributed by atoms with E-state index in [1.165, 1.54) is 0 Å². The van der Waals surface area contributed by atoms with E-state index in [2.05, 4.69) is 10.6 Å². The van der Waals surface area contributed by atoms with E-state index >= 15 is 0 Å². The summed E-state index contributed by atoms with van der Waals surface area (Å²) in [4.78, 5) is 12.3. The molecule has 0 fully saturated rings. The van der Waals surface area contributed by atoms with Gasteiger partial charge in [0.15, 0.2) is 6.61 Å². The number of ether oxygens (including phenoxy) is 3. The third-order valence-electron chi connectivity index (χ3n) is 5.07. The second-order valence-electron chi connectivity index (χ2n) is 7.59. The highest BCUT2D eigenvalue weighted by Gasteiger charge is 2.10. The van der Waals surface area contributed by atoms with Crippen LogP contribution >= 0.6 is 11.6 Å². The van der Waals surface area contributed by atoms with Gasteiger partial charge in [0.2, 0.25) is 0 Å². The Morgan fingerprint density at radius 3 is 2.29 bits per heavy atom. The zero-order valence-electron chi connectivity index (χ0n) is 19.2. The van der Waals surface area contributed by atoms with Crippen molar-refractivity contribution in [2.75, 3.05) is 24.4 Å². The minimum Gasteiger partial charge on any atom is -0.495 e. The van der Waals surface area contributed by atoms with Crippen molar-refractivity contribution >= 4 is 28.9 Å². The summed E-state index contributed by atoms with van der Waals surface area (Å²) in [5, 5.41) is 6.55. The molecule has 0 aliphatic carbocycles. The Labute approximate surface area is 209 Å². The van der Waals surface area contributed by atoms with E-state index in [1.54, 1.807) is 25.3 Å². The van der Waals surface area contributed by atoms with Crippen LogP contribution < -0.4 is 24.8 Å². The van der Waals surface area contributed by atoms with Gasteiger partial charge < -0.3 is 24.8 Å². The number of methoxy groups -OCH3 is 1. The number of hydrogen-bond donors (Lipinski definition) is 2. The van der Waals surface area contributed by atoms with E-state index in [0.717, 1.165) is 22.7 Å². The molecule has 0 aliphatic rings. The Morgan fingerprint density at radius 2 is 1.54 bits per heavy atom. The van der Waals surface area contributed by atoms with E-state index in [4.69, 9.17) is 25.8 Å². The lowest BCUT2D eigenvalue weighted by Gasteiger charge is -2.12. The number of nitrogens with one attached hydrogen (secondary N) is 2. The van der Waals surface area contributed by atoms with Gasteiger partial charge in [0.1, 0.15) is 23.0 Å². The molecule has 6 nitrogen and oxygen atoms in total. The molecule has 0 bridgehead atoms. The van der Waals surface area contributed by atoms with Gasteiger partial charge in [-0.1, -0.05) is 48.0 Å². The first kappa shape index (κ1) is 24.0. The lowest BCUT2D eigenvalue weighted by atomic mass is 10.2. The maximum atomic E-state index is 12.3. The maximum absolute atomic E-state index is 12.3. The Hall–Kier alpha value is -4.16. The molecule has 0 aromatic heterocycles. The van der Waals surface area contributed by atoms with Crippen molar-refractivity contribution in [2.24, 2.45) is 0 Å². The van der Waals surface area contributed by atoms with Crippen LogP contribution in [0.3, 0.4) is 0 Å². The molecule has 0 saturated heterocycles. The van der Waals surface area contributed by atoms with Crippen LogP contribution in [0, 0.1) is 0 Å². The van der Waals surface area contributed by atoms with Crippen molar-refractivity contribution in [2.45, 2.75) is 6.54 Å². The molecule has 7 heteroatoms. The Morgan fingerprint density at radius 1 is 0.829 bits per heavy atom. The van der Waals surface area contributed by atoms with E-state index in [0.29, 0.717) is 28.8 Å². The Kier molecular flexibility index (Phi) is 8.09. The molecule has 0 atom stereocenters. The summed E-state index contributed by atoms with van der Waals surface area (Å²) in [5.74, 6) is 2.27. The normalized spacial score (nSPS) is 10.3. The molecule has 1 amide bonds. The van der Waals surface area contributed by atoms with Crippen LogP contribution in [0.15, 0.2) is 97.1 Å². The fraction of sp³-hybridized carbons (Fsp3) is 0.107. The lowest BCUT2D eigenvalue weighted by molar-refractivity contribution is -0.118. The first-order chi connectivity index (χ1) is 17.1. The van der Waals surface area contributed by atoms with Gasteiger partial charge in [0.25, 0.3) is 5.91 Å². The summed E-state index contributed by atoms with van der Waals surface area (Å²) in [5.41, 5.74) is 2.51. The molecule has 4 rings (SSSR count). The average molecular weight is 489 g/mol. The monoisotopic (exact) mass is 488 g/mol. The molecule has 4 aromatic carbocycles. The Bertz CT molecular complexity index is 1260. The number of rotatable bonds is 10.